The van der Waals surface area contributed by atoms with E-state index in [2.05, 4.69) is 66.1 Å². The number of anilines is 2. The van der Waals surface area contributed by atoms with E-state index in [4.69, 9.17) is 18.9 Å². The van der Waals surface area contributed by atoms with Crippen molar-refractivity contribution in [3.05, 3.63) is 24.3 Å². The molecule has 1 aliphatic heterocycles. The Kier molecular flexibility index (Phi) is 23.1. The monoisotopic (exact) mass is 802 g/mol. The van der Waals surface area contributed by atoms with Crippen LogP contribution in [0.2, 0.25) is 0 Å². The van der Waals surface area contributed by atoms with Crippen molar-refractivity contribution in [3.63, 3.8) is 0 Å². The van der Waals surface area contributed by atoms with E-state index in [9.17, 15) is 22.8 Å². The number of rotatable bonds is 29. The van der Waals surface area contributed by atoms with Gasteiger partial charge in [0.1, 0.15) is 0 Å². The topological polar surface area (TPSA) is 194 Å². The number of hydrogen-bond acceptors (Lipinski definition) is 12. The number of sulfonamides is 1. The Bertz CT molecular complexity index is 1320. The van der Waals surface area contributed by atoms with E-state index >= 15 is 0 Å². The van der Waals surface area contributed by atoms with Gasteiger partial charge in [0, 0.05) is 41.7 Å². The lowest BCUT2D eigenvalue weighted by atomic mass is 9.79. The maximum absolute atomic E-state index is 12.5. The zero-order valence-corrected chi connectivity index (χ0v) is 34.7. The van der Waals surface area contributed by atoms with Gasteiger partial charge in [-0.15, -0.1) is 11.8 Å². The van der Waals surface area contributed by atoms with Crippen LogP contribution >= 0.6 is 11.8 Å². The van der Waals surface area contributed by atoms with Crippen molar-refractivity contribution >= 4 is 50.9 Å². The Balaban J connectivity index is 1.45. The third kappa shape index (κ3) is 23.3. The number of ether oxygens (including phenoxy) is 4. The number of thioether (sulfide) groups is 1. The highest BCUT2D eigenvalue weighted by Gasteiger charge is 2.38. The zero-order chi connectivity index (χ0) is 39.7. The van der Waals surface area contributed by atoms with E-state index in [0.717, 1.165) is 13.0 Å². The number of benzene rings is 1. The summed E-state index contributed by atoms with van der Waals surface area (Å²) in [6.07, 6.45) is 8.89. The average molecular weight is 803 g/mol. The number of hydrogen-bond donors (Lipinski definition) is 6. The molecule has 0 atom stereocenters. The second kappa shape index (κ2) is 26.2. The van der Waals surface area contributed by atoms with Crippen LogP contribution in [0.5, 0.6) is 0 Å². The molecular weight excluding hydrogens is 737 g/mol. The SMILES string of the molecule is CCCCCCCCOCCOCCOCCOCCSCC(=O)NCCS(=O)(=O)Nc1ccc(NNC(=O)C(=O)NC2CC(C)(C)NC(C)(C)C2)cc1. The molecule has 54 heavy (non-hydrogen) atoms. The molecule has 17 heteroatoms. The van der Waals surface area contributed by atoms with Gasteiger partial charge in [-0.05, 0) is 71.2 Å². The van der Waals surface area contributed by atoms with Gasteiger partial charge in [-0.2, -0.15) is 0 Å². The highest BCUT2D eigenvalue weighted by molar-refractivity contribution is 7.99. The first kappa shape index (κ1) is 47.5. The second-order valence-corrected chi connectivity index (χ2v) is 17.6. The summed E-state index contributed by atoms with van der Waals surface area (Å²) in [6.45, 7) is 14.7. The number of carbonyl (C=O) groups excluding carboxylic acids is 3. The fourth-order valence-electron chi connectivity index (χ4n) is 6.12. The lowest BCUT2D eigenvalue weighted by molar-refractivity contribution is -0.139. The molecule has 1 aromatic carbocycles. The van der Waals surface area contributed by atoms with Gasteiger partial charge in [0.15, 0.2) is 0 Å². The molecule has 1 aromatic rings. The maximum Gasteiger partial charge on any atom is 0.327 e. The minimum absolute atomic E-state index is 0.0431. The molecule has 6 N–H and O–H groups in total. The summed E-state index contributed by atoms with van der Waals surface area (Å²) in [5.74, 6) is -1.34. The van der Waals surface area contributed by atoms with Gasteiger partial charge in [-0.25, -0.2) is 8.42 Å². The Morgan fingerprint density at radius 1 is 0.759 bits per heavy atom. The predicted octanol–water partition coefficient (Wildman–Crippen LogP) is 3.57. The largest absolute Gasteiger partial charge is 0.379 e. The summed E-state index contributed by atoms with van der Waals surface area (Å²) in [6, 6.07) is 5.98. The molecule has 0 saturated carbocycles. The summed E-state index contributed by atoms with van der Waals surface area (Å²) in [5, 5.41) is 8.96. The fourth-order valence-corrected chi connectivity index (χ4v) is 7.75. The lowest BCUT2D eigenvalue weighted by Gasteiger charge is -2.46. The summed E-state index contributed by atoms with van der Waals surface area (Å²) in [5.41, 5.74) is 5.42. The zero-order valence-electron chi connectivity index (χ0n) is 33.0. The predicted molar refractivity (Wildman–Crippen MR) is 215 cm³/mol. The molecule has 2 rings (SSSR count). The molecule has 0 radical (unpaired) electrons. The molecule has 0 spiro atoms. The van der Waals surface area contributed by atoms with Crippen LogP contribution in [0.15, 0.2) is 24.3 Å². The summed E-state index contributed by atoms with van der Waals surface area (Å²) >= 11 is 1.39. The number of nitrogens with one attached hydrogen (secondary N) is 6. The van der Waals surface area contributed by atoms with Crippen LogP contribution in [-0.4, -0.2) is 120 Å². The Labute approximate surface area is 327 Å². The number of carbonyl (C=O) groups is 3. The third-order valence-electron chi connectivity index (χ3n) is 8.27. The molecule has 0 aliphatic carbocycles. The molecule has 0 bridgehead atoms. The molecule has 1 aliphatic rings. The molecule has 1 fully saturated rings. The van der Waals surface area contributed by atoms with Crippen LogP contribution < -0.4 is 31.5 Å². The molecule has 15 nitrogen and oxygen atoms in total. The smallest absolute Gasteiger partial charge is 0.327 e. The van der Waals surface area contributed by atoms with Crippen LogP contribution in [-0.2, 0) is 43.4 Å². The summed E-state index contributed by atoms with van der Waals surface area (Å²) in [7, 11) is -3.73. The number of unbranched alkanes of at least 4 members (excludes halogenated alkanes) is 5. The van der Waals surface area contributed by atoms with Crippen molar-refractivity contribution in [3.8, 4) is 0 Å². The second-order valence-electron chi connectivity index (χ2n) is 14.7. The van der Waals surface area contributed by atoms with Crippen LogP contribution in [0.4, 0.5) is 11.4 Å². The van der Waals surface area contributed by atoms with Crippen molar-refractivity contribution in [1.82, 2.24) is 21.4 Å². The summed E-state index contributed by atoms with van der Waals surface area (Å²) < 4.78 is 49.6. The van der Waals surface area contributed by atoms with Gasteiger partial charge in [0.25, 0.3) is 0 Å². The number of hydrazine groups is 1. The maximum atomic E-state index is 12.5. The Morgan fingerprint density at radius 3 is 1.91 bits per heavy atom. The molecule has 310 valence electrons. The standard InChI is InChI=1S/C37H66N6O9S2/c1-6-7-8-9-10-11-17-49-18-19-50-20-21-51-22-23-52-24-25-53-29-33(44)38-16-26-54(47,48)42-31-14-12-30(13-15-31)40-41-35(46)34(45)39-32-27-36(2,3)43-37(4,5)28-32/h12-15,32,40,42-43H,6-11,16-29H2,1-5H3,(H,38,44)(H,39,45)(H,41,46). The van der Waals surface area contributed by atoms with E-state index < -0.39 is 21.8 Å². The highest BCUT2D eigenvalue weighted by atomic mass is 32.2. The first-order valence-corrected chi connectivity index (χ1v) is 21.9. The van der Waals surface area contributed by atoms with Crippen molar-refractivity contribution in [2.75, 3.05) is 86.8 Å². The van der Waals surface area contributed by atoms with Crippen LogP contribution in [0.3, 0.4) is 0 Å². The average Bonchev–Trinajstić information content (AvgIpc) is 3.08. The Hall–Kier alpha value is -2.67. The highest BCUT2D eigenvalue weighted by Crippen LogP contribution is 2.28. The molecule has 1 saturated heterocycles. The van der Waals surface area contributed by atoms with E-state index in [0.29, 0.717) is 76.2 Å². The van der Waals surface area contributed by atoms with Gasteiger partial charge >= 0.3 is 11.8 Å². The van der Waals surface area contributed by atoms with Gasteiger partial charge < -0.3 is 34.9 Å². The van der Waals surface area contributed by atoms with Crippen molar-refractivity contribution in [1.29, 1.82) is 0 Å². The van der Waals surface area contributed by atoms with Crippen LogP contribution in [0.25, 0.3) is 0 Å². The molecule has 0 aromatic heterocycles. The van der Waals surface area contributed by atoms with E-state index in [-0.39, 0.29) is 41.1 Å². The van der Waals surface area contributed by atoms with Crippen molar-refractivity contribution in [2.45, 2.75) is 103 Å². The van der Waals surface area contributed by atoms with E-state index in [1.165, 1.54) is 56.0 Å². The summed E-state index contributed by atoms with van der Waals surface area (Å²) in [4.78, 5) is 37.0. The van der Waals surface area contributed by atoms with Crippen LogP contribution in [0, 0.1) is 0 Å². The van der Waals surface area contributed by atoms with E-state index in [1.807, 2.05) is 0 Å². The lowest BCUT2D eigenvalue weighted by Crippen LogP contribution is -2.63. The quantitative estimate of drug-likeness (QED) is 0.0393. The molecule has 0 unspecified atom stereocenters. The minimum Gasteiger partial charge on any atom is -0.379 e. The number of amides is 3. The van der Waals surface area contributed by atoms with Gasteiger partial charge in [-0.1, -0.05) is 39.0 Å². The molecule has 1 heterocycles. The molecule has 3 amide bonds. The number of piperidine rings is 1. The van der Waals surface area contributed by atoms with Crippen LogP contribution in [0.1, 0.15) is 86.0 Å². The van der Waals surface area contributed by atoms with Crippen molar-refractivity contribution in [2.24, 2.45) is 0 Å². The fraction of sp³-hybridized carbons (Fsp3) is 0.757. The van der Waals surface area contributed by atoms with Gasteiger partial charge in [0.05, 0.1) is 63.4 Å². The normalized spacial score (nSPS) is 15.4. The van der Waals surface area contributed by atoms with Gasteiger partial charge in [0.2, 0.25) is 15.9 Å². The van der Waals surface area contributed by atoms with Gasteiger partial charge in [-0.3, -0.25) is 30.0 Å². The first-order valence-electron chi connectivity index (χ1n) is 19.1. The van der Waals surface area contributed by atoms with E-state index in [1.54, 1.807) is 12.1 Å². The third-order valence-corrected chi connectivity index (χ3v) is 10.5. The van der Waals surface area contributed by atoms with Crippen molar-refractivity contribution < 1.29 is 41.7 Å². The Morgan fingerprint density at radius 2 is 1.30 bits per heavy atom. The minimum atomic E-state index is -3.73. The molecular formula is C37H66N6O9S2. The first-order chi connectivity index (χ1) is 25.7.